The molecule has 0 aromatic heterocycles. The maximum atomic E-state index is 10.7. The van der Waals surface area contributed by atoms with E-state index in [1.54, 1.807) is 0 Å². The molecule has 1 rings (SSSR count). The molecule has 0 aliphatic carbocycles. The Bertz CT molecular complexity index is 435. The first-order chi connectivity index (χ1) is 8.06. The molecule has 0 fully saturated rings. The van der Waals surface area contributed by atoms with E-state index in [9.17, 15) is 20.2 Å². The lowest BCUT2D eigenvalue weighted by Gasteiger charge is -2.05. The molecule has 0 atom stereocenters. The SMILES string of the molecule is O=[N+]([O-])c1ccc(NCCCO)c([N+](=O)[O-])c1. The number of aliphatic hydroxyl groups excluding tert-OH is 1. The molecule has 8 heteroatoms. The molecule has 1 aromatic carbocycles. The summed E-state index contributed by atoms with van der Waals surface area (Å²) in [5.41, 5.74) is -0.476. The highest BCUT2D eigenvalue weighted by atomic mass is 16.6. The van der Waals surface area contributed by atoms with Crippen molar-refractivity contribution >= 4 is 17.1 Å². The Morgan fingerprint density at radius 1 is 1.24 bits per heavy atom. The fourth-order valence-electron chi connectivity index (χ4n) is 1.24. The number of hydrogen-bond donors (Lipinski definition) is 2. The summed E-state index contributed by atoms with van der Waals surface area (Å²) < 4.78 is 0. The van der Waals surface area contributed by atoms with Crippen LogP contribution in [0.5, 0.6) is 0 Å². The van der Waals surface area contributed by atoms with Gasteiger partial charge in [0.25, 0.3) is 11.4 Å². The monoisotopic (exact) mass is 241 g/mol. The number of anilines is 1. The highest BCUT2D eigenvalue weighted by Crippen LogP contribution is 2.28. The summed E-state index contributed by atoms with van der Waals surface area (Å²) in [6, 6.07) is 3.38. The Balaban J connectivity index is 2.96. The van der Waals surface area contributed by atoms with Gasteiger partial charge in [-0.05, 0) is 12.5 Å². The van der Waals surface area contributed by atoms with E-state index < -0.39 is 9.85 Å². The number of non-ortho nitro benzene ring substituents is 1. The van der Waals surface area contributed by atoms with Gasteiger partial charge in [0, 0.05) is 19.2 Å². The zero-order valence-electron chi connectivity index (χ0n) is 8.83. The Morgan fingerprint density at radius 3 is 2.47 bits per heavy atom. The van der Waals surface area contributed by atoms with Crippen LogP contribution in [-0.2, 0) is 0 Å². The largest absolute Gasteiger partial charge is 0.396 e. The van der Waals surface area contributed by atoms with Gasteiger partial charge in [0.2, 0.25) is 0 Å². The molecule has 2 N–H and O–H groups in total. The smallest absolute Gasteiger partial charge is 0.299 e. The normalized spacial score (nSPS) is 9.94. The molecular formula is C9H11N3O5. The maximum Gasteiger partial charge on any atom is 0.299 e. The molecule has 0 amide bonds. The van der Waals surface area contributed by atoms with Crippen LogP contribution in [0.4, 0.5) is 17.1 Å². The van der Waals surface area contributed by atoms with Gasteiger partial charge in [-0.15, -0.1) is 0 Å². The van der Waals surface area contributed by atoms with Crippen LogP contribution >= 0.6 is 0 Å². The fourth-order valence-corrected chi connectivity index (χ4v) is 1.24. The summed E-state index contributed by atoms with van der Waals surface area (Å²) >= 11 is 0. The number of nitro benzene ring substituents is 2. The summed E-state index contributed by atoms with van der Waals surface area (Å²) in [5, 5.41) is 32.5. The van der Waals surface area contributed by atoms with Gasteiger partial charge in [0.05, 0.1) is 15.9 Å². The second-order valence-corrected chi connectivity index (χ2v) is 3.22. The lowest BCUT2D eigenvalue weighted by molar-refractivity contribution is -0.393. The van der Waals surface area contributed by atoms with Crippen LogP contribution in [0.15, 0.2) is 18.2 Å². The molecule has 0 heterocycles. The van der Waals surface area contributed by atoms with Gasteiger partial charge in [0.15, 0.2) is 0 Å². The number of aliphatic hydroxyl groups is 1. The first-order valence-corrected chi connectivity index (χ1v) is 4.84. The van der Waals surface area contributed by atoms with Gasteiger partial charge in [-0.2, -0.15) is 0 Å². The Morgan fingerprint density at radius 2 is 1.94 bits per heavy atom. The third-order valence-electron chi connectivity index (χ3n) is 2.04. The molecule has 0 aliphatic heterocycles. The zero-order chi connectivity index (χ0) is 12.8. The second-order valence-electron chi connectivity index (χ2n) is 3.22. The molecule has 0 saturated carbocycles. The minimum absolute atomic E-state index is 0.0339. The van der Waals surface area contributed by atoms with Gasteiger partial charge in [-0.3, -0.25) is 20.2 Å². The molecule has 0 unspecified atom stereocenters. The Hall–Kier alpha value is -2.22. The lowest BCUT2D eigenvalue weighted by Crippen LogP contribution is -2.06. The molecule has 0 radical (unpaired) electrons. The lowest BCUT2D eigenvalue weighted by atomic mass is 10.2. The highest BCUT2D eigenvalue weighted by Gasteiger charge is 2.18. The first-order valence-electron chi connectivity index (χ1n) is 4.84. The minimum atomic E-state index is -0.690. The van der Waals surface area contributed by atoms with Crippen molar-refractivity contribution in [2.45, 2.75) is 6.42 Å². The van der Waals surface area contributed by atoms with E-state index in [-0.39, 0.29) is 23.7 Å². The van der Waals surface area contributed by atoms with E-state index in [2.05, 4.69) is 5.32 Å². The topological polar surface area (TPSA) is 119 Å². The summed E-state index contributed by atoms with van der Waals surface area (Å²) in [5.74, 6) is 0. The average molecular weight is 241 g/mol. The summed E-state index contributed by atoms with van der Waals surface area (Å²) in [4.78, 5) is 19.8. The molecule has 1 aromatic rings. The Labute approximate surface area is 96.2 Å². The van der Waals surface area contributed by atoms with Crippen molar-refractivity contribution < 1.29 is 15.0 Å². The van der Waals surface area contributed by atoms with Gasteiger partial charge in [0.1, 0.15) is 5.69 Å². The summed E-state index contributed by atoms with van der Waals surface area (Å²) in [7, 11) is 0. The third-order valence-corrected chi connectivity index (χ3v) is 2.04. The number of rotatable bonds is 6. The van der Waals surface area contributed by atoms with Crippen LogP contribution in [0.1, 0.15) is 6.42 Å². The summed E-state index contributed by atoms with van der Waals surface area (Å²) in [6.45, 7) is 0.322. The molecule has 0 saturated heterocycles. The van der Waals surface area contributed by atoms with Crippen molar-refractivity contribution in [3.05, 3.63) is 38.4 Å². The number of nitrogens with zero attached hydrogens (tertiary/aromatic N) is 2. The van der Waals surface area contributed by atoms with Crippen molar-refractivity contribution in [2.24, 2.45) is 0 Å². The fraction of sp³-hybridized carbons (Fsp3) is 0.333. The van der Waals surface area contributed by atoms with Crippen LogP contribution in [-0.4, -0.2) is 28.1 Å². The summed E-state index contributed by atoms with van der Waals surface area (Å²) in [6.07, 6.45) is 0.439. The van der Waals surface area contributed by atoms with Crippen LogP contribution < -0.4 is 5.32 Å². The van der Waals surface area contributed by atoms with Gasteiger partial charge in [-0.25, -0.2) is 0 Å². The van der Waals surface area contributed by atoms with Gasteiger partial charge < -0.3 is 10.4 Å². The van der Waals surface area contributed by atoms with Crippen LogP contribution in [0, 0.1) is 20.2 Å². The standard InChI is InChI=1S/C9H11N3O5/c13-5-1-4-10-8-3-2-7(11(14)15)6-9(8)12(16)17/h2-3,6,10,13H,1,4-5H2. The van der Waals surface area contributed by atoms with Crippen LogP contribution in [0.25, 0.3) is 0 Å². The molecule has 0 spiro atoms. The van der Waals surface area contributed by atoms with E-state index in [0.717, 1.165) is 6.07 Å². The van der Waals surface area contributed by atoms with Crippen molar-refractivity contribution in [1.82, 2.24) is 0 Å². The number of nitrogens with one attached hydrogen (secondary N) is 1. The molecule has 0 aliphatic rings. The first kappa shape index (κ1) is 12.8. The second kappa shape index (κ2) is 5.75. The average Bonchev–Trinajstić information content (AvgIpc) is 2.29. The zero-order valence-corrected chi connectivity index (χ0v) is 8.83. The van der Waals surface area contributed by atoms with Gasteiger partial charge >= 0.3 is 0 Å². The minimum Gasteiger partial charge on any atom is -0.396 e. The predicted molar refractivity (Wildman–Crippen MR) is 59.9 cm³/mol. The van der Waals surface area contributed by atoms with Crippen molar-refractivity contribution in [2.75, 3.05) is 18.5 Å². The Kier molecular flexibility index (Phi) is 4.35. The molecule has 92 valence electrons. The van der Waals surface area contributed by atoms with E-state index >= 15 is 0 Å². The molecule has 0 bridgehead atoms. The van der Waals surface area contributed by atoms with Crippen molar-refractivity contribution in [3.8, 4) is 0 Å². The van der Waals surface area contributed by atoms with Crippen LogP contribution in [0.3, 0.4) is 0 Å². The van der Waals surface area contributed by atoms with E-state index in [1.165, 1.54) is 12.1 Å². The van der Waals surface area contributed by atoms with E-state index in [0.29, 0.717) is 13.0 Å². The van der Waals surface area contributed by atoms with Crippen molar-refractivity contribution in [3.63, 3.8) is 0 Å². The molecule has 17 heavy (non-hydrogen) atoms. The maximum absolute atomic E-state index is 10.7. The number of nitro groups is 2. The number of benzene rings is 1. The van der Waals surface area contributed by atoms with E-state index in [1.807, 2.05) is 0 Å². The number of hydrogen-bond acceptors (Lipinski definition) is 6. The third kappa shape index (κ3) is 3.38. The van der Waals surface area contributed by atoms with Gasteiger partial charge in [-0.1, -0.05) is 0 Å². The quantitative estimate of drug-likeness (QED) is 0.440. The van der Waals surface area contributed by atoms with Crippen molar-refractivity contribution in [1.29, 1.82) is 0 Å². The molecular weight excluding hydrogens is 230 g/mol. The van der Waals surface area contributed by atoms with E-state index in [4.69, 9.17) is 5.11 Å². The van der Waals surface area contributed by atoms with Crippen LogP contribution in [0.2, 0.25) is 0 Å². The highest BCUT2D eigenvalue weighted by molar-refractivity contribution is 5.65. The molecule has 8 nitrogen and oxygen atoms in total. The predicted octanol–water partition coefficient (Wildman–Crippen LogP) is 1.30.